The minimum atomic E-state index is -0.283. The van der Waals surface area contributed by atoms with Crippen LogP contribution in [0.2, 0.25) is 0 Å². The molecule has 1 atom stereocenters. The number of benzene rings is 2. The fraction of sp³-hybridized carbons (Fsp3) is 0.238. The van der Waals surface area contributed by atoms with Gasteiger partial charge in [-0.25, -0.2) is 9.37 Å². The molecule has 1 aliphatic rings. The number of para-hydroxylation sites is 1. The molecule has 2 aromatic heterocycles. The molecule has 0 spiro atoms. The maximum Gasteiger partial charge on any atom is 0.230 e. The summed E-state index contributed by atoms with van der Waals surface area (Å²) >= 11 is 1.39. The second kappa shape index (κ2) is 7.46. The van der Waals surface area contributed by atoms with Crippen LogP contribution < -0.4 is 4.90 Å². The van der Waals surface area contributed by atoms with Crippen molar-refractivity contribution >= 4 is 22.0 Å². The Labute approximate surface area is 171 Å². The van der Waals surface area contributed by atoms with E-state index in [0.717, 1.165) is 36.6 Å². The van der Waals surface area contributed by atoms with Gasteiger partial charge < -0.3 is 10.0 Å². The molecule has 4 aromatic rings. The number of hydrogen-bond acceptors (Lipinski definition) is 6. The molecule has 1 fully saturated rings. The monoisotopic (exact) mass is 409 g/mol. The Morgan fingerprint density at radius 1 is 1.00 bits per heavy atom. The second-order valence-corrected chi connectivity index (χ2v) is 8.07. The number of aromatic nitrogens is 3. The first-order valence-corrected chi connectivity index (χ1v) is 10.3. The lowest BCUT2D eigenvalue weighted by Crippen LogP contribution is -2.47. The van der Waals surface area contributed by atoms with Crippen LogP contribution in [0.1, 0.15) is 16.5 Å². The first kappa shape index (κ1) is 18.1. The second-order valence-electron chi connectivity index (χ2n) is 7.06. The molecule has 0 saturated carbocycles. The van der Waals surface area contributed by atoms with Crippen LogP contribution >= 0.6 is 11.3 Å². The van der Waals surface area contributed by atoms with Crippen LogP contribution in [0.25, 0.3) is 4.96 Å². The first-order chi connectivity index (χ1) is 14.2. The molecule has 0 amide bonds. The Morgan fingerprint density at radius 2 is 1.79 bits per heavy atom. The van der Waals surface area contributed by atoms with E-state index in [4.69, 9.17) is 0 Å². The highest BCUT2D eigenvalue weighted by molar-refractivity contribution is 7.17. The van der Waals surface area contributed by atoms with Gasteiger partial charge in [-0.2, -0.15) is 9.61 Å². The van der Waals surface area contributed by atoms with Crippen LogP contribution in [0.3, 0.4) is 0 Å². The van der Waals surface area contributed by atoms with E-state index in [1.807, 2.05) is 24.3 Å². The predicted octanol–water partition coefficient (Wildman–Crippen LogP) is 3.55. The number of halogens is 1. The Bertz CT molecular complexity index is 1120. The summed E-state index contributed by atoms with van der Waals surface area (Å²) in [6.07, 6.45) is 1.42. The lowest BCUT2D eigenvalue weighted by Gasteiger charge is -2.40. The Balaban J connectivity index is 1.48. The number of hydrogen-bond donors (Lipinski definition) is 1. The van der Waals surface area contributed by atoms with Crippen molar-refractivity contribution < 1.29 is 9.50 Å². The van der Waals surface area contributed by atoms with Gasteiger partial charge in [-0.15, -0.1) is 0 Å². The van der Waals surface area contributed by atoms with Crippen molar-refractivity contribution in [3.63, 3.8) is 0 Å². The van der Waals surface area contributed by atoms with Crippen molar-refractivity contribution in [2.45, 2.75) is 6.04 Å². The van der Waals surface area contributed by atoms with Crippen molar-refractivity contribution in [3.8, 4) is 5.88 Å². The van der Waals surface area contributed by atoms with Gasteiger partial charge in [0.25, 0.3) is 0 Å². The largest absolute Gasteiger partial charge is 0.492 e. The molecule has 3 heterocycles. The van der Waals surface area contributed by atoms with Gasteiger partial charge in [0.05, 0.1) is 10.9 Å². The highest BCUT2D eigenvalue weighted by atomic mass is 32.1. The molecule has 0 aliphatic carbocycles. The number of fused-ring (bicyclic) bond motifs is 1. The molecular weight excluding hydrogens is 389 g/mol. The van der Waals surface area contributed by atoms with Gasteiger partial charge in [0, 0.05) is 31.9 Å². The number of rotatable bonds is 4. The van der Waals surface area contributed by atoms with Crippen LogP contribution in [0.15, 0.2) is 60.9 Å². The van der Waals surface area contributed by atoms with E-state index in [9.17, 15) is 9.50 Å². The van der Waals surface area contributed by atoms with Crippen LogP contribution in [0.5, 0.6) is 5.88 Å². The smallest absolute Gasteiger partial charge is 0.230 e. The van der Waals surface area contributed by atoms with Gasteiger partial charge in [0.2, 0.25) is 10.8 Å². The zero-order valence-corrected chi connectivity index (χ0v) is 16.5. The van der Waals surface area contributed by atoms with Gasteiger partial charge in [0.15, 0.2) is 0 Å². The van der Waals surface area contributed by atoms with Crippen molar-refractivity contribution in [2.75, 3.05) is 31.1 Å². The lowest BCUT2D eigenvalue weighted by atomic mass is 10.0. The maximum absolute atomic E-state index is 14.0. The molecule has 2 aromatic carbocycles. The number of thiazole rings is 1. The predicted molar refractivity (Wildman–Crippen MR) is 111 cm³/mol. The fourth-order valence-electron chi connectivity index (χ4n) is 3.95. The van der Waals surface area contributed by atoms with Gasteiger partial charge in [-0.05, 0) is 29.8 Å². The summed E-state index contributed by atoms with van der Waals surface area (Å²) in [5.74, 6) is -0.211. The van der Waals surface area contributed by atoms with Crippen LogP contribution in [0.4, 0.5) is 10.1 Å². The third-order valence-electron chi connectivity index (χ3n) is 5.35. The Hall–Kier alpha value is -2.97. The first-order valence-electron chi connectivity index (χ1n) is 9.51. The highest BCUT2D eigenvalue weighted by Gasteiger charge is 2.31. The van der Waals surface area contributed by atoms with Crippen molar-refractivity contribution in [3.05, 3.63) is 77.2 Å². The summed E-state index contributed by atoms with van der Waals surface area (Å²) < 4.78 is 15.5. The van der Waals surface area contributed by atoms with Crippen LogP contribution in [-0.2, 0) is 0 Å². The zero-order valence-electron chi connectivity index (χ0n) is 15.6. The molecule has 1 unspecified atom stereocenters. The Kier molecular flexibility index (Phi) is 4.65. The minimum absolute atomic E-state index is 0.0715. The van der Waals surface area contributed by atoms with Gasteiger partial charge >= 0.3 is 0 Å². The van der Waals surface area contributed by atoms with Crippen molar-refractivity contribution in [2.24, 2.45) is 0 Å². The maximum atomic E-state index is 14.0. The summed E-state index contributed by atoms with van der Waals surface area (Å²) in [6, 6.07) is 16.7. The third-order valence-corrected chi connectivity index (χ3v) is 6.44. The van der Waals surface area contributed by atoms with E-state index in [0.29, 0.717) is 4.96 Å². The van der Waals surface area contributed by atoms with E-state index in [2.05, 4.69) is 32.0 Å². The van der Waals surface area contributed by atoms with Gasteiger partial charge in [0.1, 0.15) is 12.1 Å². The molecule has 8 heteroatoms. The molecule has 5 rings (SSSR count). The Morgan fingerprint density at radius 3 is 2.52 bits per heavy atom. The highest BCUT2D eigenvalue weighted by Crippen LogP contribution is 2.40. The minimum Gasteiger partial charge on any atom is -0.492 e. The van der Waals surface area contributed by atoms with Crippen molar-refractivity contribution in [1.29, 1.82) is 0 Å². The number of piperazine rings is 1. The number of nitrogens with zero attached hydrogens (tertiary/aromatic N) is 5. The molecule has 6 nitrogen and oxygen atoms in total. The van der Waals surface area contributed by atoms with Gasteiger partial charge in [-0.1, -0.05) is 41.7 Å². The molecule has 29 heavy (non-hydrogen) atoms. The SMILES string of the molecule is Oc1c(C(c2cccc(F)c2)N2CCN(c3ccccc3)CC2)sc2ncnn12. The standard InChI is InChI=1S/C21H20FN5OS/c22-16-6-4-5-15(13-16)18(19-20(28)27-21(29-19)23-14-24-27)26-11-9-25(10-12-26)17-7-2-1-3-8-17/h1-8,13-14,18,28H,9-12H2. The quantitative estimate of drug-likeness (QED) is 0.559. The average molecular weight is 409 g/mol. The molecule has 1 aliphatic heterocycles. The molecule has 148 valence electrons. The molecule has 1 saturated heterocycles. The molecule has 1 N–H and O–H groups in total. The summed E-state index contributed by atoms with van der Waals surface area (Å²) in [5, 5.41) is 14.9. The summed E-state index contributed by atoms with van der Waals surface area (Å²) in [7, 11) is 0. The summed E-state index contributed by atoms with van der Waals surface area (Å²) in [6.45, 7) is 3.31. The van der Waals surface area contributed by atoms with E-state index in [1.54, 1.807) is 12.1 Å². The molecule has 0 radical (unpaired) electrons. The lowest BCUT2D eigenvalue weighted by molar-refractivity contribution is 0.211. The van der Waals surface area contributed by atoms with Gasteiger partial charge in [-0.3, -0.25) is 4.90 Å². The number of aromatic hydroxyl groups is 1. The summed E-state index contributed by atoms with van der Waals surface area (Å²) in [4.78, 5) is 10.2. The fourth-order valence-corrected chi connectivity index (χ4v) is 5.05. The van der Waals surface area contributed by atoms with E-state index < -0.39 is 0 Å². The summed E-state index contributed by atoms with van der Waals surface area (Å²) in [5.41, 5.74) is 2.02. The topological polar surface area (TPSA) is 56.9 Å². The molecule has 0 bridgehead atoms. The normalized spacial score (nSPS) is 16.4. The van der Waals surface area contributed by atoms with E-state index >= 15 is 0 Å². The zero-order chi connectivity index (χ0) is 19.8. The number of anilines is 1. The third kappa shape index (κ3) is 3.34. The van der Waals surface area contributed by atoms with E-state index in [1.165, 1.54) is 33.9 Å². The molecular formula is C21H20FN5OS. The van der Waals surface area contributed by atoms with Crippen LogP contribution in [0, 0.1) is 5.82 Å². The van der Waals surface area contributed by atoms with Crippen LogP contribution in [-0.4, -0.2) is 50.8 Å². The average Bonchev–Trinajstić information content (AvgIpc) is 3.33. The van der Waals surface area contributed by atoms with E-state index in [-0.39, 0.29) is 17.7 Å². The van der Waals surface area contributed by atoms with Crippen molar-refractivity contribution in [1.82, 2.24) is 19.5 Å².